The summed E-state index contributed by atoms with van der Waals surface area (Å²) in [6.45, 7) is 1.79. The van der Waals surface area contributed by atoms with Gasteiger partial charge in [0.15, 0.2) is 5.75 Å². The number of ether oxygens (including phenoxy) is 4. The molecule has 1 aromatic carbocycles. The highest BCUT2D eigenvalue weighted by molar-refractivity contribution is 7.12. The number of rotatable bonds is 4. The van der Waals surface area contributed by atoms with Crippen LogP contribution in [-0.2, 0) is 4.74 Å². The predicted octanol–water partition coefficient (Wildman–Crippen LogP) is 3.08. The van der Waals surface area contributed by atoms with Gasteiger partial charge in [-0.3, -0.25) is 0 Å². The Morgan fingerprint density at radius 1 is 1.30 bits per heavy atom. The van der Waals surface area contributed by atoms with Gasteiger partial charge in [0.05, 0.1) is 32.1 Å². The summed E-state index contributed by atoms with van der Waals surface area (Å²) in [4.78, 5) is 13.6. The minimum atomic E-state index is -0.550. The molecule has 1 aromatic heterocycles. The van der Waals surface area contributed by atoms with E-state index in [2.05, 4.69) is 6.07 Å². The van der Waals surface area contributed by atoms with Crippen LogP contribution < -0.4 is 19.9 Å². The van der Waals surface area contributed by atoms with Crippen LogP contribution >= 0.6 is 11.3 Å². The molecule has 0 radical (unpaired) electrons. The van der Waals surface area contributed by atoms with Gasteiger partial charge in [-0.15, -0.1) is 11.3 Å². The van der Waals surface area contributed by atoms with Crippen LogP contribution in [0.1, 0.15) is 31.6 Å². The molecular formula is C19H18N2O5S. The summed E-state index contributed by atoms with van der Waals surface area (Å²) in [7, 11) is 4.41. The number of benzene rings is 1. The van der Waals surface area contributed by atoms with Crippen LogP contribution in [-0.4, -0.2) is 27.3 Å². The molecule has 0 saturated carbocycles. The topological polar surface area (TPSA) is 104 Å². The van der Waals surface area contributed by atoms with Gasteiger partial charge in [0, 0.05) is 10.4 Å². The number of hydrogen-bond acceptors (Lipinski definition) is 8. The summed E-state index contributed by atoms with van der Waals surface area (Å²) in [5.74, 6) is 0.370. The van der Waals surface area contributed by atoms with E-state index < -0.39 is 11.9 Å². The number of methoxy groups -OCH3 is 3. The second-order valence-corrected chi connectivity index (χ2v) is 7.01. The van der Waals surface area contributed by atoms with Crippen molar-refractivity contribution in [2.75, 3.05) is 21.3 Å². The zero-order valence-electron chi connectivity index (χ0n) is 15.3. The third-order valence-corrected chi connectivity index (χ3v) is 5.50. The van der Waals surface area contributed by atoms with Crippen molar-refractivity contribution in [2.45, 2.75) is 12.8 Å². The molecular weight excluding hydrogens is 368 g/mol. The van der Waals surface area contributed by atoms with Gasteiger partial charge in [0.25, 0.3) is 0 Å². The van der Waals surface area contributed by atoms with Crippen molar-refractivity contribution in [3.63, 3.8) is 0 Å². The fourth-order valence-electron chi connectivity index (χ4n) is 3.09. The molecule has 2 N–H and O–H groups in total. The van der Waals surface area contributed by atoms with E-state index in [9.17, 15) is 10.1 Å². The Labute approximate surface area is 160 Å². The van der Waals surface area contributed by atoms with Crippen LogP contribution in [0.3, 0.4) is 0 Å². The first kappa shape index (κ1) is 18.6. The number of nitrogens with two attached hydrogens (primary N) is 1. The number of nitriles is 1. The smallest absolute Gasteiger partial charge is 0.342 e. The van der Waals surface area contributed by atoms with Crippen molar-refractivity contribution in [2.24, 2.45) is 5.73 Å². The van der Waals surface area contributed by atoms with Gasteiger partial charge >= 0.3 is 5.97 Å². The van der Waals surface area contributed by atoms with Crippen LogP contribution in [0.5, 0.6) is 17.2 Å². The minimum absolute atomic E-state index is 0.0529. The van der Waals surface area contributed by atoms with E-state index in [0.29, 0.717) is 38.1 Å². The maximum atomic E-state index is 12.2. The molecule has 2 aromatic rings. The Balaban J connectivity index is 2.31. The van der Waals surface area contributed by atoms with Crippen LogP contribution in [0.15, 0.2) is 29.7 Å². The molecule has 1 aliphatic rings. The highest BCUT2D eigenvalue weighted by Gasteiger charge is 2.38. The van der Waals surface area contributed by atoms with Gasteiger partial charge in [-0.05, 0) is 25.1 Å². The van der Waals surface area contributed by atoms with Gasteiger partial charge in [0.1, 0.15) is 28.7 Å². The summed E-state index contributed by atoms with van der Waals surface area (Å²) in [5.41, 5.74) is 7.27. The van der Waals surface area contributed by atoms with Crippen molar-refractivity contribution >= 4 is 17.3 Å². The number of carbonyl (C=O) groups excluding carboxylic acids is 1. The number of nitrogens with zero attached hydrogens (tertiary/aromatic N) is 1. The highest BCUT2D eigenvalue weighted by Crippen LogP contribution is 2.51. The van der Waals surface area contributed by atoms with E-state index in [4.69, 9.17) is 24.7 Å². The zero-order chi connectivity index (χ0) is 19.7. The number of esters is 1. The van der Waals surface area contributed by atoms with Crippen molar-refractivity contribution in [1.82, 2.24) is 0 Å². The number of thiophene rings is 1. The molecule has 0 amide bonds. The molecule has 7 nitrogen and oxygen atoms in total. The number of hydrogen-bond donors (Lipinski definition) is 1. The SMILES string of the molecule is COC(=O)c1c(C)sc2c1OC(N)=C(C#N)[C@@H]2c1cc(OC)ccc1OC. The third kappa shape index (κ3) is 2.96. The summed E-state index contributed by atoms with van der Waals surface area (Å²) in [6.07, 6.45) is 0. The Morgan fingerprint density at radius 3 is 2.63 bits per heavy atom. The van der Waals surface area contributed by atoms with Crippen LogP contribution in [0.2, 0.25) is 0 Å². The lowest BCUT2D eigenvalue weighted by Gasteiger charge is -2.25. The highest BCUT2D eigenvalue weighted by atomic mass is 32.1. The normalized spacial score (nSPS) is 15.4. The third-order valence-electron chi connectivity index (χ3n) is 4.35. The summed E-state index contributed by atoms with van der Waals surface area (Å²) < 4.78 is 21.4. The second kappa shape index (κ2) is 7.21. The van der Waals surface area contributed by atoms with Gasteiger partial charge in [-0.25, -0.2) is 4.79 Å². The molecule has 2 heterocycles. The number of fused-ring (bicyclic) bond motifs is 1. The summed E-state index contributed by atoms with van der Waals surface area (Å²) in [5, 5.41) is 9.71. The lowest BCUT2D eigenvalue weighted by atomic mass is 9.87. The standard InChI is InChI=1S/C19H18N2O5S/c1-9-14(19(22)25-4)16-17(27-9)15(12(8-20)18(21)26-16)11-7-10(23-2)5-6-13(11)24-3/h5-7,15H,21H2,1-4H3/t15-/m0/s1. The number of aryl methyl sites for hydroxylation is 1. The molecule has 8 heteroatoms. The molecule has 0 saturated heterocycles. The zero-order valence-corrected chi connectivity index (χ0v) is 16.1. The van der Waals surface area contributed by atoms with Gasteiger partial charge in [0.2, 0.25) is 5.88 Å². The van der Waals surface area contributed by atoms with Crippen LogP contribution in [0.25, 0.3) is 0 Å². The molecule has 0 aliphatic carbocycles. The second-order valence-electron chi connectivity index (χ2n) is 5.75. The van der Waals surface area contributed by atoms with E-state index >= 15 is 0 Å². The first-order valence-electron chi connectivity index (χ1n) is 7.97. The predicted molar refractivity (Wildman–Crippen MR) is 99.2 cm³/mol. The van der Waals surface area contributed by atoms with Crippen molar-refractivity contribution in [1.29, 1.82) is 5.26 Å². The quantitative estimate of drug-likeness (QED) is 0.805. The van der Waals surface area contributed by atoms with Crippen LogP contribution in [0.4, 0.5) is 0 Å². The van der Waals surface area contributed by atoms with Crippen molar-refractivity contribution in [3.05, 3.63) is 50.5 Å². The fraction of sp³-hybridized carbons (Fsp3) is 0.263. The average Bonchev–Trinajstić information content (AvgIpc) is 3.00. The molecule has 0 bridgehead atoms. The number of carbonyl (C=O) groups is 1. The monoisotopic (exact) mass is 386 g/mol. The minimum Gasteiger partial charge on any atom is -0.497 e. The molecule has 3 rings (SSSR count). The maximum Gasteiger partial charge on any atom is 0.342 e. The number of allylic oxidation sites excluding steroid dienone is 1. The Morgan fingerprint density at radius 2 is 2.04 bits per heavy atom. The summed E-state index contributed by atoms with van der Waals surface area (Å²) >= 11 is 1.35. The van der Waals surface area contributed by atoms with E-state index in [-0.39, 0.29) is 11.5 Å². The van der Waals surface area contributed by atoms with E-state index in [0.717, 1.165) is 0 Å². The largest absolute Gasteiger partial charge is 0.497 e. The first-order chi connectivity index (χ1) is 13.0. The maximum absolute atomic E-state index is 12.2. The van der Waals surface area contributed by atoms with Gasteiger partial charge < -0.3 is 24.7 Å². The lowest BCUT2D eigenvalue weighted by Crippen LogP contribution is -2.21. The molecule has 140 valence electrons. The van der Waals surface area contributed by atoms with E-state index in [1.54, 1.807) is 39.3 Å². The molecule has 27 heavy (non-hydrogen) atoms. The molecule has 1 atom stereocenters. The van der Waals surface area contributed by atoms with E-state index in [1.807, 2.05) is 0 Å². The van der Waals surface area contributed by atoms with Crippen molar-refractivity contribution in [3.8, 4) is 23.3 Å². The van der Waals surface area contributed by atoms with Gasteiger partial charge in [-0.2, -0.15) is 5.26 Å². The Hall–Kier alpha value is -3.18. The average molecular weight is 386 g/mol. The van der Waals surface area contributed by atoms with E-state index in [1.165, 1.54) is 18.4 Å². The van der Waals surface area contributed by atoms with Crippen molar-refractivity contribution < 1.29 is 23.7 Å². The Bertz CT molecular complexity index is 987. The lowest BCUT2D eigenvalue weighted by molar-refractivity contribution is 0.0597. The molecule has 1 aliphatic heterocycles. The molecule has 0 fully saturated rings. The van der Waals surface area contributed by atoms with Crippen LogP contribution in [0, 0.1) is 18.3 Å². The van der Waals surface area contributed by atoms with Gasteiger partial charge in [-0.1, -0.05) is 0 Å². The Kier molecular flexibility index (Phi) is 4.97. The molecule has 0 spiro atoms. The fourth-order valence-corrected chi connectivity index (χ4v) is 4.30. The first-order valence-corrected chi connectivity index (χ1v) is 8.79. The molecule has 0 unspecified atom stereocenters. The summed E-state index contributed by atoms with van der Waals surface area (Å²) in [6, 6.07) is 7.44.